The molecule has 112 valence electrons. The van der Waals surface area contributed by atoms with Crippen molar-refractivity contribution in [1.29, 1.82) is 0 Å². The first-order valence-corrected chi connectivity index (χ1v) is 7.50. The van der Waals surface area contributed by atoms with Crippen molar-refractivity contribution in [2.75, 3.05) is 12.4 Å². The predicted molar refractivity (Wildman–Crippen MR) is 76.0 cm³/mol. The van der Waals surface area contributed by atoms with Gasteiger partial charge in [-0.15, -0.1) is 0 Å². The molecule has 2 rings (SSSR count). The maximum atomic E-state index is 12.0. The number of rotatable bonds is 4. The molecule has 1 amide bonds. The van der Waals surface area contributed by atoms with Crippen molar-refractivity contribution in [3.05, 3.63) is 41.3 Å². The number of furan rings is 1. The lowest BCUT2D eigenvalue weighted by Gasteiger charge is -2.11. The third kappa shape index (κ3) is 3.35. The fraction of sp³-hybridized carbons (Fsp3) is 0.0833. The zero-order valence-electron chi connectivity index (χ0n) is 10.8. The zero-order chi connectivity index (χ0) is 15.6. The van der Waals surface area contributed by atoms with E-state index in [2.05, 4.69) is 5.32 Å². The molecular weight excluding hydrogens is 320 g/mol. The van der Waals surface area contributed by atoms with E-state index in [4.69, 9.17) is 25.9 Å². The Bertz CT molecular complexity index is 785. The van der Waals surface area contributed by atoms with Crippen molar-refractivity contribution in [3.8, 4) is 5.75 Å². The van der Waals surface area contributed by atoms with E-state index in [1.54, 1.807) is 0 Å². The van der Waals surface area contributed by atoms with Crippen LogP contribution in [0, 0.1) is 0 Å². The first-order valence-electron chi connectivity index (χ1n) is 5.58. The molecule has 0 aliphatic carbocycles. The number of nitrogens with two attached hydrogens (primary N) is 1. The smallest absolute Gasteiger partial charge is 0.260 e. The number of hydrogen-bond donors (Lipinski definition) is 2. The molecule has 0 aliphatic rings. The summed E-state index contributed by atoms with van der Waals surface area (Å²) in [5.41, 5.74) is 0.256. The molecule has 0 atom stereocenters. The first kappa shape index (κ1) is 15.4. The summed E-state index contributed by atoms with van der Waals surface area (Å²) < 4.78 is 32.6. The summed E-state index contributed by atoms with van der Waals surface area (Å²) >= 11 is 5.70. The molecule has 0 radical (unpaired) electrons. The number of carbonyl (C=O) groups excluding carboxylic acids is 1. The Kier molecular flexibility index (Phi) is 4.21. The summed E-state index contributed by atoms with van der Waals surface area (Å²) in [6.07, 6.45) is 1.26. The maximum Gasteiger partial charge on any atom is 0.260 e. The van der Waals surface area contributed by atoms with E-state index in [0.29, 0.717) is 0 Å². The number of hydrogen-bond acceptors (Lipinski definition) is 5. The SMILES string of the molecule is COc1ccc(S(N)(=O)=O)cc1NC(=O)c1ccoc1Cl. The van der Waals surface area contributed by atoms with Crippen LogP contribution in [0.5, 0.6) is 5.75 Å². The molecule has 0 aliphatic heterocycles. The van der Waals surface area contributed by atoms with Crippen LogP contribution in [0.2, 0.25) is 5.22 Å². The van der Waals surface area contributed by atoms with Gasteiger partial charge in [0.25, 0.3) is 5.91 Å². The van der Waals surface area contributed by atoms with Gasteiger partial charge in [0.2, 0.25) is 15.2 Å². The third-order valence-corrected chi connectivity index (χ3v) is 3.81. The van der Waals surface area contributed by atoms with Gasteiger partial charge in [-0.1, -0.05) is 0 Å². The molecule has 0 bridgehead atoms. The Labute approximate surface area is 125 Å². The number of nitrogens with one attached hydrogen (secondary N) is 1. The van der Waals surface area contributed by atoms with E-state index < -0.39 is 15.9 Å². The number of primary sulfonamides is 1. The van der Waals surface area contributed by atoms with Crippen LogP contribution < -0.4 is 15.2 Å². The van der Waals surface area contributed by atoms with Crippen LogP contribution in [0.1, 0.15) is 10.4 Å². The molecule has 0 saturated heterocycles. The monoisotopic (exact) mass is 330 g/mol. The third-order valence-electron chi connectivity index (χ3n) is 2.61. The minimum atomic E-state index is -3.90. The standard InChI is InChI=1S/C12H11ClN2O5S/c1-19-10-3-2-7(21(14,17)18)6-9(10)15-12(16)8-4-5-20-11(8)13/h2-6H,1H3,(H,15,16)(H2,14,17,18). The second kappa shape index (κ2) is 5.76. The number of methoxy groups -OCH3 is 1. The summed E-state index contributed by atoms with van der Waals surface area (Å²) in [4.78, 5) is 11.9. The highest BCUT2D eigenvalue weighted by Gasteiger charge is 2.17. The van der Waals surface area contributed by atoms with E-state index in [9.17, 15) is 13.2 Å². The largest absolute Gasteiger partial charge is 0.495 e. The number of halogens is 1. The van der Waals surface area contributed by atoms with Crippen LogP contribution in [-0.2, 0) is 10.0 Å². The molecule has 0 fully saturated rings. The number of amides is 1. The van der Waals surface area contributed by atoms with Crippen LogP contribution in [0.25, 0.3) is 0 Å². The minimum Gasteiger partial charge on any atom is -0.495 e. The Balaban J connectivity index is 2.38. The van der Waals surface area contributed by atoms with E-state index >= 15 is 0 Å². The van der Waals surface area contributed by atoms with Gasteiger partial charge < -0.3 is 14.5 Å². The lowest BCUT2D eigenvalue weighted by molar-refractivity contribution is 0.102. The van der Waals surface area contributed by atoms with Gasteiger partial charge in [0.05, 0.1) is 29.5 Å². The Morgan fingerprint density at radius 2 is 2.10 bits per heavy atom. The molecule has 1 aromatic carbocycles. The summed E-state index contributed by atoms with van der Waals surface area (Å²) in [7, 11) is -2.52. The molecule has 7 nitrogen and oxygen atoms in total. The predicted octanol–water partition coefficient (Wildman–Crippen LogP) is 1.84. The summed E-state index contributed by atoms with van der Waals surface area (Å²) in [6.45, 7) is 0. The van der Waals surface area contributed by atoms with E-state index in [1.807, 2.05) is 0 Å². The molecule has 2 aromatic rings. The van der Waals surface area contributed by atoms with Crippen molar-refractivity contribution in [1.82, 2.24) is 0 Å². The average Bonchev–Trinajstić information content (AvgIpc) is 2.84. The Hall–Kier alpha value is -2.03. The second-order valence-electron chi connectivity index (χ2n) is 3.97. The minimum absolute atomic E-state index is 0.0749. The van der Waals surface area contributed by atoms with Gasteiger partial charge in [-0.25, -0.2) is 13.6 Å². The van der Waals surface area contributed by atoms with E-state index in [1.165, 1.54) is 37.6 Å². The van der Waals surface area contributed by atoms with Gasteiger partial charge in [-0.2, -0.15) is 0 Å². The lowest BCUT2D eigenvalue weighted by Crippen LogP contribution is -2.15. The molecule has 1 heterocycles. The molecule has 9 heteroatoms. The topological polar surface area (TPSA) is 112 Å². The highest BCUT2D eigenvalue weighted by molar-refractivity contribution is 7.89. The van der Waals surface area contributed by atoms with Gasteiger partial charge in [0.1, 0.15) is 5.75 Å². The lowest BCUT2D eigenvalue weighted by atomic mass is 10.2. The quantitative estimate of drug-likeness (QED) is 0.888. The van der Waals surface area contributed by atoms with Crippen molar-refractivity contribution in [2.45, 2.75) is 4.90 Å². The van der Waals surface area contributed by atoms with Crippen LogP contribution in [0.3, 0.4) is 0 Å². The first-order chi connectivity index (χ1) is 9.82. The fourth-order valence-electron chi connectivity index (χ4n) is 1.61. The van der Waals surface area contributed by atoms with Crippen molar-refractivity contribution >= 4 is 33.2 Å². The van der Waals surface area contributed by atoms with Gasteiger partial charge in [-0.3, -0.25) is 4.79 Å². The fourth-order valence-corrected chi connectivity index (χ4v) is 2.35. The zero-order valence-corrected chi connectivity index (χ0v) is 12.4. The molecule has 1 aromatic heterocycles. The van der Waals surface area contributed by atoms with Crippen LogP contribution in [0.15, 0.2) is 39.8 Å². The Morgan fingerprint density at radius 1 is 1.38 bits per heavy atom. The number of carbonyl (C=O) groups is 1. The van der Waals surface area contributed by atoms with Crippen LogP contribution in [-0.4, -0.2) is 21.4 Å². The molecule has 0 spiro atoms. The van der Waals surface area contributed by atoms with Gasteiger partial charge >= 0.3 is 0 Å². The van der Waals surface area contributed by atoms with E-state index in [-0.39, 0.29) is 27.1 Å². The van der Waals surface area contributed by atoms with Crippen molar-refractivity contribution in [2.24, 2.45) is 5.14 Å². The van der Waals surface area contributed by atoms with Gasteiger partial charge in [0, 0.05) is 0 Å². The molecule has 0 unspecified atom stereocenters. The average molecular weight is 331 g/mol. The molecular formula is C12H11ClN2O5S. The summed E-state index contributed by atoms with van der Waals surface area (Å²) in [5, 5.41) is 7.46. The number of sulfonamides is 1. The second-order valence-corrected chi connectivity index (χ2v) is 5.87. The normalized spacial score (nSPS) is 11.2. The van der Waals surface area contributed by atoms with Gasteiger partial charge in [-0.05, 0) is 35.9 Å². The van der Waals surface area contributed by atoms with E-state index in [0.717, 1.165) is 0 Å². The van der Waals surface area contributed by atoms with Gasteiger partial charge in [0.15, 0.2) is 0 Å². The number of anilines is 1. The van der Waals surface area contributed by atoms with Crippen LogP contribution in [0.4, 0.5) is 5.69 Å². The summed E-state index contributed by atoms with van der Waals surface area (Å²) in [5.74, 6) is -0.297. The number of benzene rings is 1. The molecule has 3 N–H and O–H groups in total. The highest BCUT2D eigenvalue weighted by atomic mass is 35.5. The van der Waals surface area contributed by atoms with Crippen LogP contribution >= 0.6 is 11.6 Å². The van der Waals surface area contributed by atoms with Crippen molar-refractivity contribution in [3.63, 3.8) is 0 Å². The molecule has 21 heavy (non-hydrogen) atoms. The maximum absolute atomic E-state index is 12.0. The molecule has 0 saturated carbocycles. The highest BCUT2D eigenvalue weighted by Crippen LogP contribution is 2.28. The Morgan fingerprint density at radius 3 is 2.62 bits per heavy atom. The number of ether oxygens (including phenoxy) is 1. The summed E-state index contributed by atoms with van der Waals surface area (Å²) in [6, 6.07) is 5.23. The van der Waals surface area contributed by atoms with Crippen molar-refractivity contribution < 1.29 is 22.4 Å².